The molecule has 1 amide bonds. The average Bonchev–Trinajstić information content (AvgIpc) is 3.07. The van der Waals surface area contributed by atoms with E-state index in [1.54, 1.807) is 0 Å². The topological polar surface area (TPSA) is 90.9 Å². The number of aliphatic hydroxyl groups is 1. The normalized spacial score (nSPS) is 14.1. The largest absolute Gasteiger partial charge is 0.418 e. The van der Waals surface area contributed by atoms with Gasteiger partial charge < -0.3 is 10.4 Å². The van der Waals surface area contributed by atoms with Gasteiger partial charge in [0.2, 0.25) is 0 Å². The number of hydrogen-bond donors (Lipinski definition) is 2. The fourth-order valence-electron chi connectivity index (χ4n) is 3.01. The van der Waals surface area contributed by atoms with Gasteiger partial charge >= 0.3 is 12.4 Å². The van der Waals surface area contributed by atoms with Gasteiger partial charge in [0.1, 0.15) is 5.52 Å². The molecule has 1 unspecified atom stereocenters. The maximum atomic E-state index is 13.1. The van der Waals surface area contributed by atoms with E-state index in [-0.39, 0.29) is 16.6 Å². The summed E-state index contributed by atoms with van der Waals surface area (Å²) in [4.78, 5) is 12.5. The van der Waals surface area contributed by atoms with Crippen LogP contribution in [0.4, 0.5) is 32.0 Å². The Morgan fingerprint density at radius 3 is 2.38 bits per heavy atom. The number of nitriles is 1. The predicted molar refractivity (Wildman–Crippen MR) is 100 cm³/mol. The van der Waals surface area contributed by atoms with E-state index in [0.717, 1.165) is 29.8 Å². The number of alkyl halides is 6. The lowest BCUT2D eigenvalue weighted by Crippen LogP contribution is -2.43. The molecule has 1 atom stereocenters. The number of aromatic nitrogens is 2. The van der Waals surface area contributed by atoms with Crippen LogP contribution in [0.25, 0.3) is 10.9 Å². The second-order valence-corrected chi connectivity index (χ2v) is 7.17. The van der Waals surface area contributed by atoms with Gasteiger partial charge in [-0.15, -0.1) is 0 Å². The number of rotatable bonds is 4. The Hall–Kier alpha value is -3.59. The number of carbonyl (C=O) groups is 1. The molecule has 0 fully saturated rings. The van der Waals surface area contributed by atoms with Crippen LogP contribution in [-0.4, -0.2) is 26.4 Å². The van der Waals surface area contributed by atoms with Gasteiger partial charge in [-0.3, -0.25) is 9.48 Å². The summed E-state index contributed by atoms with van der Waals surface area (Å²) in [7, 11) is 0. The lowest BCUT2D eigenvalue weighted by atomic mass is 10.0. The Labute approximate surface area is 176 Å². The molecular formula is C20H14F6N4O2. The fourth-order valence-corrected chi connectivity index (χ4v) is 3.01. The molecule has 2 N–H and O–H groups in total. The third-order valence-corrected chi connectivity index (χ3v) is 4.55. The zero-order chi connectivity index (χ0) is 23.9. The molecule has 0 aliphatic rings. The summed E-state index contributed by atoms with van der Waals surface area (Å²) in [6.45, 7) is 0.459. The summed E-state index contributed by atoms with van der Waals surface area (Å²) in [5, 5.41) is 25.4. The summed E-state index contributed by atoms with van der Waals surface area (Å²) < 4.78 is 79.6. The van der Waals surface area contributed by atoms with Crippen molar-refractivity contribution >= 4 is 22.5 Å². The first-order valence-corrected chi connectivity index (χ1v) is 8.91. The van der Waals surface area contributed by atoms with Gasteiger partial charge in [-0.2, -0.15) is 36.7 Å². The zero-order valence-corrected chi connectivity index (χ0v) is 16.2. The Balaban J connectivity index is 1.85. The minimum absolute atomic E-state index is 0.123. The number of halogens is 6. The average molecular weight is 456 g/mol. The van der Waals surface area contributed by atoms with Crippen LogP contribution < -0.4 is 5.32 Å². The molecule has 32 heavy (non-hydrogen) atoms. The number of carbonyl (C=O) groups excluding carboxylic acids is 1. The van der Waals surface area contributed by atoms with Crippen molar-refractivity contribution in [1.29, 1.82) is 5.26 Å². The van der Waals surface area contributed by atoms with Crippen LogP contribution in [0.5, 0.6) is 0 Å². The van der Waals surface area contributed by atoms with Gasteiger partial charge in [0.25, 0.3) is 5.91 Å². The van der Waals surface area contributed by atoms with Crippen molar-refractivity contribution in [3.63, 3.8) is 0 Å². The standard InChI is InChI=1S/C20H14F6N4O2/c1-18(32,10-30-9-12-3-2-4-14(16(12)29-30)19(21,22)23)17(31)28-13-6-5-11(8-27)15(7-13)20(24,25)26/h2-7,9,32H,10H2,1H3,(H,28,31). The van der Waals surface area contributed by atoms with E-state index in [2.05, 4.69) is 10.4 Å². The minimum Gasteiger partial charge on any atom is -0.378 e. The van der Waals surface area contributed by atoms with Crippen LogP contribution in [-0.2, 0) is 23.7 Å². The molecule has 0 aliphatic carbocycles. The summed E-state index contributed by atoms with van der Waals surface area (Å²) in [5.74, 6) is -1.12. The zero-order valence-electron chi connectivity index (χ0n) is 16.2. The lowest BCUT2D eigenvalue weighted by Gasteiger charge is -2.22. The molecule has 0 spiro atoms. The van der Waals surface area contributed by atoms with E-state index in [0.29, 0.717) is 6.07 Å². The van der Waals surface area contributed by atoms with Crippen LogP contribution in [0.3, 0.4) is 0 Å². The molecule has 0 radical (unpaired) electrons. The summed E-state index contributed by atoms with van der Waals surface area (Å²) in [6.07, 6.45) is -8.31. The number of fused-ring (bicyclic) bond motifs is 1. The van der Waals surface area contributed by atoms with E-state index in [1.807, 2.05) is 0 Å². The number of anilines is 1. The molecule has 1 aromatic heterocycles. The first kappa shape index (κ1) is 23.1. The predicted octanol–water partition coefficient (Wildman–Crippen LogP) is 4.34. The third-order valence-electron chi connectivity index (χ3n) is 4.55. The number of benzene rings is 2. The van der Waals surface area contributed by atoms with Gasteiger partial charge in [0.05, 0.1) is 29.3 Å². The van der Waals surface area contributed by atoms with Crippen LogP contribution in [0.15, 0.2) is 42.6 Å². The second kappa shape index (κ2) is 7.83. The highest BCUT2D eigenvalue weighted by Gasteiger charge is 2.36. The van der Waals surface area contributed by atoms with Crippen LogP contribution in [0.2, 0.25) is 0 Å². The summed E-state index contributed by atoms with van der Waals surface area (Å²) in [6, 6.07) is 7.27. The Morgan fingerprint density at radius 2 is 1.78 bits per heavy atom. The maximum Gasteiger partial charge on any atom is 0.418 e. The smallest absolute Gasteiger partial charge is 0.378 e. The van der Waals surface area contributed by atoms with E-state index in [9.17, 15) is 36.2 Å². The molecule has 6 nitrogen and oxygen atoms in total. The second-order valence-electron chi connectivity index (χ2n) is 7.17. The van der Waals surface area contributed by atoms with Crippen molar-refractivity contribution in [2.24, 2.45) is 0 Å². The fraction of sp³-hybridized carbons (Fsp3) is 0.250. The van der Waals surface area contributed by atoms with Crippen molar-refractivity contribution in [3.05, 3.63) is 59.3 Å². The summed E-state index contributed by atoms with van der Waals surface area (Å²) >= 11 is 0. The van der Waals surface area contributed by atoms with Gasteiger partial charge in [0, 0.05) is 17.3 Å². The molecule has 0 saturated carbocycles. The molecule has 3 aromatic rings. The van der Waals surface area contributed by atoms with Gasteiger partial charge in [-0.05, 0) is 31.2 Å². The molecule has 168 valence electrons. The van der Waals surface area contributed by atoms with Crippen molar-refractivity contribution in [3.8, 4) is 6.07 Å². The molecule has 2 aromatic carbocycles. The first-order valence-electron chi connectivity index (χ1n) is 8.91. The highest BCUT2D eigenvalue weighted by Crippen LogP contribution is 2.35. The van der Waals surface area contributed by atoms with Crippen molar-refractivity contribution < 1.29 is 36.2 Å². The lowest BCUT2D eigenvalue weighted by molar-refractivity contribution is -0.138. The Kier molecular flexibility index (Phi) is 5.65. The molecule has 0 saturated heterocycles. The van der Waals surface area contributed by atoms with Crippen LogP contribution in [0, 0.1) is 11.3 Å². The monoisotopic (exact) mass is 456 g/mol. The van der Waals surface area contributed by atoms with E-state index >= 15 is 0 Å². The van der Waals surface area contributed by atoms with Crippen molar-refractivity contribution in [1.82, 2.24) is 9.78 Å². The van der Waals surface area contributed by atoms with Gasteiger partial charge in [-0.1, -0.05) is 12.1 Å². The number of nitrogens with one attached hydrogen (secondary N) is 1. The SMILES string of the molecule is CC(O)(Cn1cc2cccc(C(F)(F)F)c2n1)C(=O)Nc1ccc(C#N)c(C(F)(F)F)c1. The highest BCUT2D eigenvalue weighted by atomic mass is 19.4. The molecule has 3 rings (SSSR count). The van der Waals surface area contributed by atoms with Gasteiger partial charge in [0.15, 0.2) is 5.60 Å². The summed E-state index contributed by atoms with van der Waals surface area (Å²) in [5.41, 5.74) is -5.85. The van der Waals surface area contributed by atoms with E-state index in [4.69, 9.17) is 5.26 Å². The third kappa shape index (κ3) is 4.67. The van der Waals surface area contributed by atoms with Crippen LogP contribution >= 0.6 is 0 Å². The van der Waals surface area contributed by atoms with Crippen LogP contribution in [0.1, 0.15) is 23.6 Å². The number of hydrogen-bond acceptors (Lipinski definition) is 4. The number of nitrogens with zero attached hydrogens (tertiary/aromatic N) is 3. The molecule has 0 bridgehead atoms. The minimum atomic E-state index is -4.85. The molecule has 1 heterocycles. The highest BCUT2D eigenvalue weighted by molar-refractivity contribution is 5.97. The van der Waals surface area contributed by atoms with Crippen molar-refractivity contribution in [2.75, 3.05) is 5.32 Å². The van der Waals surface area contributed by atoms with Crippen molar-refractivity contribution in [2.45, 2.75) is 31.4 Å². The number of amides is 1. The van der Waals surface area contributed by atoms with E-state index in [1.165, 1.54) is 24.4 Å². The Morgan fingerprint density at radius 1 is 1.12 bits per heavy atom. The van der Waals surface area contributed by atoms with Gasteiger partial charge in [-0.25, -0.2) is 0 Å². The molecule has 0 aliphatic heterocycles. The quantitative estimate of drug-likeness (QED) is 0.572. The molecule has 12 heteroatoms. The van der Waals surface area contributed by atoms with E-state index < -0.39 is 47.1 Å². The molecular weight excluding hydrogens is 442 g/mol. The maximum absolute atomic E-state index is 13.1. The first-order chi connectivity index (χ1) is 14.7. The Bertz CT molecular complexity index is 1220.